The fourth-order valence-corrected chi connectivity index (χ4v) is 9.99. The number of carbonyl (C=O) groups is 1. The van der Waals surface area contributed by atoms with Gasteiger partial charge in [-0.05, 0) is 98.9 Å². The molecule has 6 aromatic rings. The Morgan fingerprint density at radius 2 is 1.76 bits per heavy atom. The number of hydrogen-bond donors (Lipinski definition) is 1. The summed E-state index contributed by atoms with van der Waals surface area (Å²) in [6.45, 7) is 3.09. The second-order valence-electron chi connectivity index (χ2n) is 13.7. The van der Waals surface area contributed by atoms with E-state index in [0.29, 0.717) is 22.4 Å². The molecule has 10 rings (SSSR count). The normalized spacial score (nSPS) is 23.4. The van der Waals surface area contributed by atoms with Gasteiger partial charge >= 0.3 is 5.97 Å². The van der Waals surface area contributed by atoms with Gasteiger partial charge in [0.15, 0.2) is 10.8 Å². The highest BCUT2D eigenvalue weighted by atomic mass is 32.1. The van der Waals surface area contributed by atoms with Gasteiger partial charge in [-0.3, -0.25) is 9.08 Å². The second kappa shape index (κ2) is 10.5. The zero-order chi connectivity index (χ0) is 31.0. The van der Waals surface area contributed by atoms with Crippen molar-refractivity contribution >= 4 is 44.1 Å². The van der Waals surface area contributed by atoms with Gasteiger partial charge in [-0.25, -0.2) is 19.7 Å². The molecule has 232 valence electrons. The maximum Gasteiger partial charge on any atom is 0.342 e. The van der Waals surface area contributed by atoms with Crippen LogP contribution in [0.2, 0.25) is 0 Å². The van der Waals surface area contributed by atoms with Gasteiger partial charge in [-0.1, -0.05) is 23.5 Å². The average Bonchev–Trinajstić information content (AvgIpc) is 3.76. The van der Waals surface area contributed by atoms with Crippen LogP contribution in [0.3, 0.4) is 0 Å². The van der Waals surface area contributed by atoms with E-state index in [4.69, 9.17) is 14.8 Å². The van der Waals surface area contributed by atoms with E-state index in [2.05, 4.69) is 33.0 Å². The van der Waals surface area contributed by atoms with Crippen LogP contribution < -0.4 is 5.32 Å². The first-order valence-electron chi connectivity index (χ1n) is 16.2. The molecule has 0 unspecified atom stereocenters. The lowest BCUT2D eigenvalue weighted by Gasteiger charge is -2.56. The summed E-state index contributed by atoms with van der Waals surface area (Å²) in [5.74, 6) is 2.97. The third-order valence-electron chi connectivity index (χ3n) is 10.7. The Balaban J connectivity index is 1.02. The first-order valence-corrected chi connectivity index (χ1v) is 17.0. The summed E-state index contributed by atoms with van der Waals surface area (Å²) in [6.07, 6.45) is 15.8. The highest BCUT2D eigenvalue weighted by Gasteiger charge is 2.51. The molecular weight excluding hydrogens is 595 g/mol. The Labute approximate surface area is 270 Å². The number of fused-ring (bicyclic) bond motifs is 2. The number of esters is 1. The van der Waals surface area contributed by atoms with Gasteiger partial charge in [-0.2, -0.15) is 5.10 Å². The van der Waals surface area contributed by atoms with Crippen LogP contribution in [-0.4, -0.2) is 42.2 Å². The predicted octanol–water partition coefficient (Wildman–Crippen LogP) is 7.92. The van der Waals surface area contributed by atoms with Crippen LogP contribution in [-0.2, 0) is 11.3 Å². The Morgan fingerprint density at radius 1 is 0.978 bits per heavy atom. The van der Waals surface area contributed by atoms with Gasteiger partial charge in [0.1, 0.15) is 11.4 Å². The summed E-state index contributed by atoms with van der Waals surface area (Å²) >= 11 is 1.59. The van der Waals surface area contributed by atoms with E-state index in [9.17, 15) is 4.79 Å². The molecule has 46 heavy (non-hydrogen) atoms. The molecule has 4 aliphatic rings. The van der Waals surface area contributed by atoms with Gasteiger partial charge in [0, 0.05) is 41.3 Å². The van der Waals surface area contributed by atoms with Crippen LogP contribution in [0.25, 0.3) is 38.2 Å². The number of para-hydroxylation sites is 1. The number of rotatable bonds is 7. The fraction of sp³-hybridized carbons (Fsp3) is 0.361. The lowest BCUT2D eigenvalue weighted by molar-refractivity contribution is -0.0638. The topological polar surface area (TPSA) is 99.2 Å². The third-order valence-corrected chi connectivity index (χ3v) is 11.7. The third kappa shape index (κ3) is 4.53. The van der Waals surface area contributed by atoms with Crippen molar-refractivity contribution in [2.75, 3.05) is 12.4 Å². The number of carbonyl (C=O) groups excluding carboxylic acids is 1. The standard InChI is InChI=1S/C36H35N7O2S/c1-21-27(18-39-43(21)20-36-14-22-11-23(15-36)13-24(12-22)16-36)26-9-10-42-29(19-38-33(42)32(26)34(44)45-2)25-7-8-31(37-17-25)41-35-40-28-5-3-4-6-30(28)46-35/h3-10,17-19,22-24H,11-16,20H2,1-2H3,(H,37,40,41). The molecule has 0 radical (unpaired) electrons. The van der Waals surface area contributed by atoms with Crippen LogP contribution in [0.5, 0.6) is 0 Å². The zero-order valence-electron chi connectivity index (χ0n) is 25.9. The van der Waals surface area contributed by atoms with Crippen LogP contribution in [0.4, 0.5) is 10.9 Å². The number of thiazole rings is 1. The SMILES string of the molecule is COC(=O)c1c(-c2cnn(CC34CC5CC(CC(C5)C3)C4)c2C)ccn2c(-c3ccc(Nc4nc5ccccc5s4)nc3)cnc12. The summed E-state index contributed by atoms with van der Waals surface area (Å²) in [5.41, 5.74) is 6.85. The largest absolute Gasteiger partial charge is 0.465 e. The van der Waals surface area contributed by atoms with Gasteiger partial charge in [0.05, 0.1) is 35.4 Å². The monoisotopic (exact) mass is 629 g/mol. The van der Waals surface area contributed by atoms with E-state index < -0.39 is 5.97 Å². The summed E-state index contributed by atoms with van der Waals surface area (Å²) < 4.78 is 10.6. The maximum atomic E-state index is 13.3. The average molecular weight is 630 g/mol. The molecule has 1 N–H and O–H groups in total. The van der Waals surface area contributed by atoms with Crippen molar-refractivity contribution in [1.82, 2.24) is 29.1 Å². The molecule has 9 nitrogen and oxygen atoms in total. The van der Waals surface area contributed by atoms with Gasteiger partial charge in [0.25, 0.3) is 0 Å². The molecule has 1 aromatic carbocycles. The number of benzene rings is 1. The molecule has 4 fully saturated rings. The van der Waals surface area contributed by atoms with Crippen molar-refractivity contribution in [3.8, 4) is 22.4 Å². The van der Waals surface area contributed by atoms with Crippen LogP contribution in [0, 0.1) is 30.1 Å². The molecule has 10 heteroatoms. The molecular formula is C36H35N7O2S. The summed E-state index contributed by atoms with van der Waals surface area (Å²) in [7, 11) is 1.42. The Morgan fingerprint density at radius 3 is 2.48 bits per heavy atom. The van der Waals surface area contributed by atoms with E-state index >= 15 is 0 Å². The van der Waals surface area contributed by atoms with E-state index in [0.717, 1.165) is 67.7 Å². The highest BCUT2D eigenvalue weighted by Crippen LogP contribution is 2.60. The Hall–Kier alpha value is -4.57. The summed E-state index contributed by atoms with van der Waals surface area (Å²) in [4.78, 5) is 27.4. The van der Waals surface area contributed by atoms with Gasteiger partial charge in [0.2, 0.25) is 0 Å². The minimum Gasteiger partial charge on any atom is -0.465 e. The van der Waals surface area contributed by atoms with Crippen molar-refractivity contribution in [3.63, 3.8) is 0 Å². The Kier molecular flexibility index (Phi) is 6.32. The minimum absolute atomic E-state index is 0.364. The first kappa shape index (κ1) is 27.7. The van der Waals surface area contributed by atoms with Crippen LogP contribution in [0.1, 0.15) is 54.6 Å². The number of aromatic nitrogens is 6. The van der Waals surface area contributed by atoms with Crippen molar-refractivity contribution in [1.29, 1.82) is 0 Å². The van der Waals surface area contributed by atoms with Crippen molar-refractivity contribution in [2.24, 2.45) is 23.2 Å². The molecule has 0 spiro atoms. The summed E-state index contributed by atoms with van der Waals surface area (Å²) in [5, 5.41) is 9.01. The van der Waals surface area contributed by atoms with Crippen molar-refractivity contribution < 1.29 is 9.53 Å². The maximum absolute atomic E-state index is 13.3. The quantitative estimate of drug-likeness (QED) is 0.179. The van der Waals surface area contributed by atoms with E-state index in [1.165, 1.54) is 45.6 Å². The van der Waals surface area contributed by atoms with Crippen molar-refractivity contribution in [3.05, 3.63) is 78.5 Å². The molecule has 5 heterocycles. The summed E-state index contributed by atoms with van der Waals surface area (Å²) in [6, 6.07) is 14.0. The van der Waals surface area contributed by atoms with Crippen molar-refractivity contribution in [2.45, 2.75) is 52.0 Å². The number of nitrogens with zero attached hydrogens (tertiary/aromatic N) is 6. The van der Waals surface area contributed by atoms with Gasteiger partial charge in [-0.15, -0.1) is 0 Å². The lowest BCUT2D eigenvalue weighted by atomic mass is 9.49. The molecule has 0 aliphatic heterocycles. The van der Waals surface area contributed by atoms with E-state index in [-0.39, 0.29) is 0 Å². The number of pyridine rings is 2. The van der Waals surface area contributed by atoms with Crippen LogP contribution >= 0.6 is 11.3 Å². The molecule has 4 bridgehead atoms. The zero-order valence-corrected chi connectivity index (χ0v) is 26.8. The first-order chi connectivity index (χ1) is 22.4. The second-order valence-corrected chi connectivity index (χ2v) is 14.7. The molecule has 4 aliphatic carbocycles. The van der Waals surface area contributed by atoms with Gasteiger partial charge < -0.3 is 10.1 Å². The molecule has 5 aromatic heterocycles. The number of ether oxygens (including phenoxy) is 1. The predicted molar refractivity (Wildman–Crippen MR) is 179 cm³/mol. The molecule has 4 saturated carbocycles. The number of anilines is 2. The Bertz CT molecular complexity index is 2060. The number of imidazole rings is 1. The number of hydrogen-bond acceptors (Lipinski definition) is 8. The van der Waals surface area contributed by atoms with E-state index in [1.54, 1.807) is 17.5 Å². The smallest absolute Gasteiger partial charge is 0.342 e. The molecule has 0 atom stereocenters. The minimum atomic E-state index is -0.417. The van der Waals surface area contributed by atoms with Crippen LogP contribution in [0.15, 0.2) is 67.3 Å². The highest BCUT2D eigenvalue weighted by molar-refractivity contribution is 7.22. The molecule has 0 amide bonds. The van der Waals surface area contributed by atoms with E-state index in [1.807, 2.05) is 59.4 Å². The number of methoxy groups -OCH3 is 1. The molecule has 0 saturated heterocycles. The lowest BCUT2D eigenvalue weighted by Crippen LogP contribution is -2.48. The fourth-order valence-electron chi connectivity index (χ4n) is 9.12. The number of nitrogens with one attached hydrogen (secondary N) is 1.